The molecule has 26 heavy (non-hydrogen) atoms. The van der Waals surface area contributed by atoms with Crippen LogP contribution in [-0.2, 0) is 14.3 Å². The molecule has 2 aliphatic heterocycles. The Morgan fingerprint density at radius 3 is 2.54 bits per heavy atom. The van der Waals surface area contributed by atoms with Gasteiger partial charge in [0.2, 0.25) is 0 Å². The number of hydrogen-bond acceptors (Lipinski definition) is 4. The van der Waals surface area contributed by atoms with E-state index < -0.39 is 23.7 Å². The maximum atomic E-state index is 12.8. The molecule has 142 valence electrons. The molecule has 0 saturated carbocycles. The minimum atomic E-state index is -0.615. The van der Waals surface area contributed by atoms with Crippen LogP contribution in [0.1, 0.15) is 38.7 Å². The number of esters is 1. The Bertz CT molecular complexity index is 686. The van der Waals surface area contributed by atoms with E-state index in [2.05, 4.69) is 0 Å². The van der Waals surface area contributed by atoms with Crippen molar-refractivity contribution in [1.29, 1.82) is 0 Å². The van der Waals surface area contributed by atoms with Crippen LogP contribution in [0, 0.1) is 5.92 Å². The van der Waals surface area contributed by atoms with Crippen molar-refractivity contribution in [2.45, 2.75) is 50.9 Å². The number of fused-ring (bicyclic) bond motifs is 1. The Labute approximate surface area is 163 Å². The van der Waals surface area contributed by atoms with Crippen LogP contribution in [0.3, 0.4) is 0 Å². The molecule has 5 nitrogen and oxygen atoms in total. The topological polar surface area (TPSA) is 55.8 Å². The maximum Gasteiger partial charge on any atom is 0.410 e. The molecule has 2 fully saturated rings. The predicted octanol–water partition coefficient (Wildman–Crippen LogP) is 4.21. The normalized spacial score (nSPS) is 28.0. The number of likely N-dealkylation sites (tertiary alicyclic amines) is 1. The Morgan fingerprint density at radius 2 is 1.96 bits per heavy atom. The highest BCUT2D eigenvalue weighted by atomic mass is 35.5. The maximum absolute atomic E-state index is 12.8. The summed E-state index contributed by atoms with van der Waals surface area (Å²) in [6.07, 6.45) is -0.361. The molecular formula is C19H23Cl2NO4. The van der Waals surface area contributed by atoms with Crippen molar-refractivity contribution in [3.63, 3.8) is 0 Å². The summed E-state index contributed by atoms with van der Waals surface area (Å²) in [5.41, 5.74) is 0.367. The number of halogens is 2. The van der Waals surface area contributed by atoms with E-state index >= 15 is 0 Å². The lowest BCUT2D eigenvalue weighted by atomic mass is 9.89. The highest BCUT2D eigenvalue weighted by molar-refractivity contribution is 6.30. The van der Waals surface area contributed by atoms with Gasteiger partial charge in [-0.25, -0.2) is 4.79 Å². The minimum absolute atomic E-state index is 0.117. The van der Waals surface area contributed by atoms with Crippen molar-refractivity contribution in [2.24, 2.45) is 5.92 Å². The van der Waals surface area contributed by atoms with Gasteiger partial charge in [0.15, 0.2) is 0 Å². The summed E-state index contributed by atoms with van der Waals surface area (Å²) in [6, 6.07) is 7.05. The predicted molar refractivity (Wildman–Crippen MR) is 99.6 cm³/mol. The summed E-state index contributed by atoms with van der Waals surface area (Å²) in [4.78, 5) is 26.8. The molecule has 1 aromatic rings. The molecule has 1 aromatic carbocycles. The molecular weight excluding hydrogens is 377 g/mol. The fraction of sp³-hybridized carbons (Fsp3) is 0.579. The third-order valence-electron chi connectivity index (χ3n) is 4.80. The number of carbonyl (C=O) groups excluding carboxylic acids is 2. The van der Waals surface area contributed by atoms with Crippen molar-refractivity contribution in [1.82, 2.24) is 4.90 Å². The summed E-state index contributed by atoms with van der Waals surface area (Å²) in [7, 11) is 0. The van der Waals surface area contributed by atoms with Crippen LogP contribution >= 0.6 is 23.2 Å². The first-order valence-electron chi connectivity index (χ1n) is 8.73. The van der Waals surface area contributed by atoms with Crippen molar-refractivity contribution >= 4 is 35.3 Å². The van der Waals surface area contributed by atoms with E-state index in [-0.39, 0.29) is 17.9 Å². The monoisotopic (exact) mass is 399 g/mol. The highest BCUT2D eigenvalue weighted by Gasteiger charge is 2.57. The van der Waals surface area contributed by atoms with Crippen LogP contribution in [0.15, 0.2) is 24.3 Å². The molecule has 0 bridgehead atoms. The molecule has 4 atom stereocenters. The fourth-order valence-corrected chi connectivity index (χ4v) is 4.10. The van der Waals surface area contributed by atoms with E-state index in [0.717, 1.165) is 5.56 Å². The van der Waals surface area contributed by atoms with Crippen LogP contribution in [0.5, 0.6) is 0 Å². The molecule has 0 unspecified atom stereocenters. The molecule has 0 aromatic heterocycles. The highest BCUT2D eigenvalue weighted by Crippen LogP contribution is 2.44. The minimum Gasteiger partial charge on any atom is -0.459 e. The van der Waals surface area contributed by atoms with E-state index in [4.69, 9.17) is 32.7 Å². The van der Waals surface area contributed by atoms with Crippen LogP contribution < -0.4 is 0 Å². The summed E-state index contributed by atoms with van der Waals surface area (Å²) in [5, 5.41) is 0.635. The summed E-state index contributed by atoms with van der Waals surface area (Å²) < 4.78 is 11.2. The zero-order valence-corrected chi connectivity index (χ0v) is 16.6. The number of alkyl halides is 1. The molecule has 0 spiro atoms. The van der Waals surface area contributed by atoms with Gasteiger partial charge in [0.25, 0.3) is 0 Å². The second kappa shape index (κ2) is 7.28. The Hall–Kier alpha value is -1.46. The molecule has 7 heteroatoms. The number of carbonyl (C=O) groups is 2. The third kappa shape index (κ3) is 3.79. The molecule has 2 saturated heterocycles. The molecule has 2 heterocycles. The first-order chi connectivity index (χ1) is 12.2. The third-order valence-corrected chi connectivity index (χ3v) is 5.27. The number of nitrogens with zero attached hydrogens (tertiary/aromatic N) is 1. The van der Waals surface area contributed by atoms with Gasteiger partial charge in [-0.05, 0) is 44.9 Å². The van der Waals surface area contributed by atoms with Crippen molar-refractivity contribution in [2.75, 3.05) is 12.4 Å². The van der Waals surface area contributed by atoms with Gasteiger partial charge < -0.3 is 9.47 Å². The van der Waals surface area contributed by atoms with Crippen LogP contribution in [0.4, 0.5) is 4.79 Å². The first kappa shape index (κ1) is 19.3. The van der Waals surface area contributed by atoms with Crippen LogP contribution in [0.2, 0.25) is 5.02 Å². The molecule has 0 aliphatic carbocycles. The van der Waals surface area contributed by atoms with Gasteiger partial charge in [-0.15, -0.1) is 11.6 Å². The average Bonchev–Trinajstić information content (AvgIpc) is 3.05. The van der Waals surface area contributed by atoms with Gasteiger partial charge in [-0.3, -0.25) is 9.69 Å². The Balaban J connectivity index is 1.92. The number of amides is 1. The summed E-state index contributed by atoms with van der Waals surface area (Å²) in [6.45, 7) is 5.89. The van der Waals surface area contributed by atoms with Crippen LogP contribution in [-0.4, -0.2) is 47.1 Å². The van der Waals surface area contributed by atoms with E-state index in [1.807, 2.05) is 32.9 Å². The second-order valence-corrected chi connectivity index (χ2v) is 8.58. The van der Waals surface area contributed by atoms with Gasteiger partial charge in [0.1, 0.15) is 11.7 Å². The lowest BCUT2D eigenvalue weighted by Crippen LogP contribution is -2.44. The zero-order valence-electron chi connectivity index (χ0n) is 15.1. The molecule has 3 rings (SSSR count). The smallest absolute Gasteiger partial charge is 0.410 e. The van der Waals surface area contributed by atoms with Crippen molar-refractivity contribution < 1.29 is 19.1 Å². The second-order valence-electron chi connectivity index (χ2n) is 7.77. The average molecular weight is 400 g/mol. The number of ether oxygens (including phenoxy) is 2. The fourth-order valence-electron chi connectivity index (χ4n) is 3.74. The van der Waals surface area contributed by atoms with Gasteiger partial charge in [0.05, 0.1) is 12.0 Å². The van der Waals surface area contributed by atoms with E-state index in [0.29, 0.717) is 23.9 Å². The molecule has 2 aliphatic rings. The van der Waals surface area contributed by atoms with E-state index in [1.165, 1.54) is 0 Å². The summed E-state index contributed by atoms with van der Waals surface area (Å²) in [5.74, 6) is -0.513. The Morgan fingerprint density at radius 1 is 1.31 bits per heavy atom. The lowest BCUT2D eigenvalue weighted by molar-refractivity contribution is -0.145. The van der Waals surface area contributed by atoms with Gasteiger partial charge in [0, 0.05) is 23.4 Å². The van der Waals surface area contributed by atoms with Gasteiger partial charge in [-0.2, -0.15) is 0 Å². The SMILES string of the molecule is CC(C)(C)OC(=O)N1C[C@H](c2ccc(Cl)cc2)[C@H]2OC(=O)[C@H](CCCl)[C@H]21. The van der Waals surface area contributed by atoms with Gasteiger partial charge in [-0.1, -0.05) is 23.7 Å². The largest absolute Gasteiger partial charge is 0.459 e. The molecule has 1 amide bonds. The van der Waals surface area contributed by atoms with Crippen LogP contribution in [0.25, 0.3) is 0 Å². The molecule has 0 radical (unpaired) electrons. The number of benzene rings is 1. The first-order valence-corrected chi connectivity index (χ1v) is 9.64. The Kier molecular flexibility index (Phi) is 5.40. The standard InChI is InChI=1S/C19H23Cl2NO4/c1-19(2,3)26-18(24)22-10-14(11-4-6-12(21)7-5-11)16-15(22)13(8-9-20)17(23)25-16/h4-7,13-16H,8-10H2,1-3H3/t13-,14-,15-,16-/m1/s1. The number of rotatable bonds is 3. The quantitative estimate of drug-likeness (QED) is 0.563. The van der Waals surface area contributed by atoms with Crippen molar-refractivity contribution in [3.05, 3.63) is 34.9 Å². The van der Waals surface area contributed by atoms with Crippen molar-refractivity contribution in [3.8, 4) is 0 Å². The lowest BCUT2D eigenvalue weighted by Gasteiger charge is -2.29. The van der Waals surface area contributed by atoms with E-state index in [9.17, 15) is 9.59 Å². The number of hydrogen-bond donors (Lipinski definition) is 0. The molecule has 0 N–H and O–H groups in total. The van der Waals surface area contributed by atoms with E-state index in [1.54, 1.807) is 17.0 Å². The van der Waals surface area contributed by atoms with Gasteiger partial charge >= 0.3 is 12.1 Å². The zero-order chi connectivity index (χ0) is 19.1. The summed E-state index contributed by atoms with van der Waals surface area (Å²) >= 11 is 11.9.